The second-order valence-corrected chi connectivity index (χ2v) is 10.3. The third-order valence-corrected chi connectivity index (χ3v) is 7.41. The van der Waals surface area contributed by atoms with Crippen LogP contribution < -0.4 is 20.3 Å². The van der Waals surface area contributed by atoms with E-state index in [-0.39, 0.29) is 18.9 Å². The lowest BCUT2D eigenvalue weighted by Gasteiger charge is -2.31. The van der Waals surface area contributed by atoms with Crippen molar-refractivity contribution in [3.63, 3.8) is 0 Å². The monoisotopic (exact) mass is 606 g/mol. The summed E-state index contributed by atoms with van der Waals surface area (Å²) in [7, 11) is 1.60. The van der Waals surface area contributed by atoms with Crippen molar-refractivity contribution in [1.29, 1.82) is 0 Å². The number of azide groups is 1. The Kier molecular flexibility index (Phi) is 10.3. The first-order valence-electron chi connectivity index (χ1n) is 14.5. The lowest BCUT2D eigenvalue weighted by Crippen LogP contribution is -2.53. The highest BCUT2D eigenvalue weighted by atomic mass is 16.5. The minimum atomic E-state index is -1.50. The lowest BCUT2D eigenvalue weighted by atomic mass is 9.81. The quantitative estimate of drug-likeness (QED) is 0.0549. The summed E-state index contributed by atoms with van der Waals surface area (Å²) >= 11 is 0. The Labute approximate surface area is 261 Å². The van der Waals surface area contributed by atoms with Crippen LogP contribution in [0.2, 0.25) is 0 Å². The highest BCUT2D eigenvalue weighted by molar-refractivity contribution is 6.01. The maximum absolute atomic E-state index is 14.4. The summed E-state index contributed by atoms with van der Waals surface area (Å²) in [4.78, 5) is 22.4. The van der Waals surface area contributed by atoms with Gasteiger partial charge in [-0.25, -0.2) is 10.4 Å². The van der Waals surface area contributed by atoms with Gasteiger partial charge >= 0.3 is 0 Å². The zero-order valence-corrected chi connectivity index (χ0v) is 24.8. The molecule has 0 spiro atoms. The number of aliphatic imine (C=N–C) groups is 1. The van der Waals surface area contributed by atoms with Crippen molar-refractivity contribution in [1.82, 2.24) is 10.9 Å². The first kappa shape index (κ1) is 31.1. The van der Waals surface area contributed by atoms with Crippen molar-refractivity contribution < 1.29 is 24.1 Å². The Morgan fingerprint density at radius 3 is 2.44 bits per heavy atom. The van der Waals surface area contributed by atoms with Crippen LogP contribution in [-0.4, -0.2) is 42.8 Å². The number of hydrazine groups is 1. The molecule has 0 saturated heterocycles. The smallest absolute Gasteiger partial charge is 0.266 e. The highest BCUT2D eigenvalue weighted by Gasteiger charge is 2.53. The normalized spacial score (nSPS) is 17.0. The maximum Gasteiger partial charge on any atom is 0.266 e. The molecule has 3 N–H and O–H groups in total. The standard InChI is InChI=1S/C34H34N6O5/c1-43-30-15-8-6-13-27(30)23-36-39-33(42)34(22-26-12-5-7-14-29(26)38-40-35)31(24-10-3-2-4-11-24)45-32(37-34)25-16-18-28(19-17-25)44-21-9-20-41/h2-8,10-19,31,36,41H,9,20-23H2,1H3,(H,39,42)/t31-,34-/m0/s1. The number of aliphatic hydroxyl groups excluding tert-OH is 1. The average Bonchev–Trinajstić information content (AvgIpc) is 3.47. The number of carbonyl (C=O) groups excluding carboxylic acids is 1. The van der Waals surface area contributed by atoms with Crippen molar-refractivity contribution in [2.45, 2.75) is 31.0 Å². The van der Waals surface area contributed by atoms with E-state index in [1.807, 2.05) is 78.9 Å². The van der Waals surface area contributed by atoms with Crippen LogP contribution in [0.25, 0.3) is 10.4 Å². The Bertz CT molecular complexity index is 1670. The van der Waals surface area contributed by atoms with Gasteiger partial charge in [-0.3, -0.25) is 10.2 Å². The molecule has 0 saturated carbocycles. The average molecular weight is 607 g/mol. The zero-order chi connectivity index (χ0) is 31.5. The fraction of sp³-hybridized carbons (Fsp3) is 0.235. The van der Waals surface area contributed by atoms with Crippen molar-refractivity contribution in [2.75, 3.05) is 20.3 Å². The summed E-state index contributed by atoms with van der Waals surface area (Å²) in [6.45, 7) is 0.732. The van der Waals surface area contributed by atoms with Gasteiger partial charge < -0.3 is 19.3 Å². The first-order chi connectivity index (χ1) is 22.1. The molecule has 4 aromatic carbocycles. The maximum atomic E-state index is 14.4. The predicted molar refractivity (Wildman–Crippen MR) is 170 cm³/mol. The molecule has 45 heavy (non-hydrogen) atoms. The Balaban J connectivity index is 1.54. The van der Waals surface area contributed by atoms with Crippen molar-refractivity contribution in [3.05, 3.63) is 136 Å². The van der Waals surface area contributed by atoms with E-state index in [0.717, 1.165) is 11.1 Å². The van der Waals surface area contributed by atoms with Crippen LogP contribution in [0.5, 0.6) is 11.5 Å². The first-order valence-corrected chi connectivity index (χ1v) is 14.5. The van der Waals surface area contributed by atoms with E-state index in [1.54, 1.807) is 31.4 Å². The van der Waals surface area contributed by atoms with Crippen LogP contribution >= 0.6 is 0 Å². The third-order valence-electron chi connectivity index (χ3n) is 7.41. The van der Waals surface area contributed by atoms with Crippen LogP contribution in [0.4, 0.5) is 5.69 Å². The number of hydrogen-bond donors (Lipinski definition) is 3. The number of rotatable bonds is 14. The van der Waals surface area contributed by atoms with Gasteiger partial charge in [0, 0.05) is 47.7 Å². The molecule has 0 fully saturated rings. The Morgan fingerprint density at radius 2 is 1.71 bits per heavy atom. The second kappa shape index (κ2) is 14.9. The third kappa shape index (κ3) is 7.25. The minimum absolute atomic E-state index is 0.0459. The number of aliphatic hydroxyl groups is 1. The summed E-state index contributed by atoms with van der Waals surface area (Å²) in [5.41, 5.74) is 17.0. The van der Waals surface area contributed by atoms with Crippen molar-refractivity contribution >= 4 is 17.5 Å². The molecule has 11 nitrogen and oxygen atoms in total. The molecule has 1 amide bonds. The van der Waals surface area contributed by atoms with Gasteiger partial charge in [-0.05, 0) is 47.0 Å². The van der Waals surface area contributed by atoms with E-state index in [0.29, 0.717) is 47.9 Å². The van der Waals surface area contributed by atoms with Gasteiger partial charge in [0.25, 0.3) is 5.91 Å². The van der Waals surface area contributed by atoms with Gasteiger partial charge in [-0.1, -0.05) is 77.9 Å². The van der Waals surface area contributed by atoms with Gasteiger partial charge in [0.2, 0.25) is 5.90 Å². The molecule has 230 valence electrons. The summed E-state index contributed by atoms with van der Waals surface area (Å²) < 4.78 is 17.7. The molecule has 0 bridgehead atoms. The van der Waals surface area contributed by atoms with Crippen LogP contribution in [0.15, 0.2) is 113 Å². The number of carbonyl (C=O) groups is 1. The summed E-state index contributed by atoms with van der Waals surface area (Å²) in [6.07, 6.45) is -0.215. The number of amides is 1. The van der Waals surface area contributed by atoms with Crippen LogP contribution in [0.3, 0.4) is 0 Å². The Hall–Kier alpha value is -5.35. The van der Waals surface area contributed by atoms with E-state index in [9.17, 15) is 10.3 Å². The second-order valence-electron chi connectivity index (χ2n) is 10.3. The number of benzene rings is 4. The number of para-hydroxylation sites is 1. The summed E-state index contributed by atoms with van der Waals surface area (Å²) in [6, 6.07) is 31.3. The predicted octanol–water partition coefficient (Wildman–Crippen LogP) is 5.72. The van der Waals surface area contributed by atoms with E-state index in [2.05, 4.69) is 20.9 Å². The fourth-order valence-corrected chi connectivity index (χ4v) is 5.18. The summed E-state index contributed by atoms with van der Waals surface area (Å²) in [5, 5.41) is 12.9. The summed E-state index contributed by atoms with van der Waals surface area (Å²) in [5.74, 6) is 1.18. The molecule has 1 heterocycles. The van der Waals surface area contributed by atoms with Crippen LogP contribution in [-0.2, 0) is 22.5 Å². The van der Waals surface area contributed by atoms with Gasteiger partial charge in [-0.2, -0.15) is 0 Å². The molecule has 0 radical (unpaired) electrons. The SMILES string of the molecule is COc1ccccc1CNNC(=O)[C@@]1(Cc2ccccc2N=[N+]=[N-])N=C(c2ccc(OCCCO)cc2)O[C@H]1c1ccccc1. The number of nitrogens with zero attached hydrogens (tertiary/aromatic N) is 4. The Morgan fingerprint density at radius 1 is 1.00 bits per heavy atom. The fourth-order valence-electron chi connectivity index (χ4n) is 5.18. The topological polar surface area (TPSA) is 150 Å². The molecule has 5 rings (SSSR count). The molecule has 1 aliphatic heterocycles. The van der Waals surface area contributed by atoms with Gasteiger partial charge in [0.15, 0.2) is 11.6 Å². The molecular formula is C34H34N6O5. The molecule has 11 heteroatoms. The van der Waals surface area contributed by atoms with E-state index in [1.165, 1.54) is 0 Å². The van der Waals surface area contributed by atoms with Crippen LogP contribution in [0.1, 0.15) is 34.8 Å². The molecule has 0 aromatic heterocycles. The molecule has 4 aromatic rings. The van der Waals surface area contributed by atoms with E-state index >= 15 is 0 Å². The largest absolute Gasteiger partial charge is 0.496 e. The molecule has 1 aliphatic rings. The van der Waals surface area contributed by atoms with E-state index < -0.39 is 17.6 Å². The molecule has 0 unspecified atom stereocenters. The van der Waals surface area contributed by atoms with Crippen molar-refractivity contribution in [2.24, 2.45) is 10.1 Å². The number of methoxy groups -OCH3 is 1. The molecular weight excluding hydrogens is 572 g/mol. The minimum Gasteiger partial charge on any atom is -0.496 e. The molecule has 0 aliphatic carbocycles. The highest BCUT2D eigenvalue weighted by Crippen LogP contribution is 2.43. The number of ether oxygens (including phenoxy) is 3. The zero-order valence-electron chi connectivity index (χ0n) is 24.8. The van der Waals surface area contributed by atoms with Crippen LogP contribution in [0, 0.1) is 0 Å². The van der Waals surface area contributed by atoms with Gasteiger partial charge in [0.05, 0.1) is 13.7 Å². The van der Waals surface area contributed by atoms with Gasteiger partial charge in [-0.15, -0.1) is 0 Å². The number of nitrogens with one attached hydrogen (secondary N) is 2. The lowest BCUT2D eigenvalue weighted by molar-refractivity contribution is -0.130. The van der Waals surface area contributed by atoms with Gasteiger partial charge in [0.1, 0.15) is 11.5 Å². The number of hydrogen-bond acceptors (Lipinski definition) is 8. The van der Waals surface area contributed by atoms with E-state index in [4.69, 9.17) is 24.3 Å². The molecule has 2 atom stereocenters. The van der Waals surface area contributed by atoms with Crippen molar-refractivity contribution in [3.8, 4) is 11.5 Å².